The number of amides is 1. The summed E-state index contributed by atoms with van der Waals surface area (Å²) in [5.41, 5.74) is 8.25. The molecule has 3 aromatic rings. The van der Waals surface area contributed by atoms with Crippen LogP contribution in [0.2, 0.25) is 0 Å². The van der Waals surface area contributed by atoms with Gasteiger partial charge in [0, 0.05) is 6.54 Å². The zero-order valence-electron chi connectivity index (χ0n) is 17.2. The quantitative estimate of drug-likeness (QED) is 0.500. The number of rotatable bonds is 9. The molecule has 8 nitrogen and oxygen atoms in total. The molecule has 0 fully saturated rings. The van der Waals surface area contributed by atoms with Crippen LogP contribution in [0.4, 0.5) is 10.2 Å². The third-order valence-corrected chi connectivity index (χ3v) is 4.67. The molecule has 0 saturated carbocycles. The molecule has 0 aliphatic carbocycles. The van der Waals surface area contributed by atoms with E-state index in [1.54, 1.807) is 24.3 Å². The van der Waals surface area contributed by atoms with Crippen LogP contribution in [0.5, 0.6) is 5.75 Å². The molecule has 0 unspecified atom stereocenters. The van der Waals surface area contributed by atoms with Crippen molar-refractivity contribution in [3.63, 3.8) is 0 Å². The largest absolute Gasteiger partial charge is 0.484 e. The molecular weight excluding hydrogens is 411 g/mol. The van der Waals surface area contributed by atoms with Gasteiger partial charge >= 0.3 is 0 Å². The highest BCUT2D eigenvalue weighted by Gasteiger charge is 2.16. The Hall–Kier alpha value is -4.37. The van der Waals surface area contributed by atoms with Gasteiger partial charge in [-0.2, -0.15) is 15.6 Å². The smallest absolute Gasteiger partial charge is 0.257 e. The van der Waals surface area contributed by atoms with Crippen LogP contribution >= 0.6 is 0 Å². The molecule has 3 rings (SSSR count). The lowest BCUT2D eigenvalue weighted by Crippen LogP contribution is -2.30. The lowest BCUT2D eigenvalue weighted by Gasteiger charge is -2.07. The molecule has 0 radical (unpaired) electrons. The Labute approximate surface area is 184 Å². The van der Waals surface area contributed by atoms with Crippen LogP contribution < -0.4 is 15.8 Å². The van der Waals surface area contributed by atoms with Crippen molar-refractivity contribution >= 4 is 11.7 Å². The molecule has 0 bridgehead atoms. The zero-order valence-corrected chi connectivity index (χ0v) is 17.2. The number of aromatic nitrogens is 2. The van der Waals surface area contributed by atoms with E-state index in [4.69, 9.17) is 15.7 Å². The minimum absolute atomic E-state index is 0.132. The topological polar surface area (TPSA) is 130 Å². The number of nitriles is 2. The predicted octanol–water partition coefficient (Wildman–Crippen LogP) is 2.66. The molecule has 32 heavy (non-hydrogen) atoms. The van der Waals surface area contributed by atoms with Crippen molar-refractivity contribution in [1.82, 2.24) is 15.1 Å². The number of nitrogens with one attached hydrogen (secondary N) is 1. The third-order valence-electron chi connectivity index (χ3n) is 4.67. The number of ether oxygens (including phenoxy) is 1. The highest BCUT2D eigenvalue weighted by atomic mass is 19.1. The predicted molar refractivity (Wildman–Crippen MR) is 115 cm³/mol. The summed E-state index contributed by atoms with van der Waals surface area (Å²) in [6.45, 7) is 0.241. The van der Waals surface area contributed by atoms with Crippen LogP contribution in [-0.4, -0.2) is 28.8 Å². The van der Waals surface area contributed by atoms with Gasteiger partial charge in [0.15, 0.2) is 6.61 Å². The fourth-order valence-corrected chi connectivity index (χ4v) is 3.03. The minimum atomic E-state index is -0.379. The molecule has 0 aliphatic heterocycles. The van der Waals surface area contributed by atoms with E-state index in [2.05, 4.69) is 22.6 Å². The van der Waals surface area contributed by atoms with E-state index >= 15 is 0 Å². The van der Waals surface area contributed by atoms with E-state index in [0.29, 0.717) is 42.9 Å². The maximum atomic E-state index is 13.2. The summed E-state index contributed by atoms with van der Waals surface area (Å²) in [4.78, 5) is 12.0. The van der Waals surface area contributed by atoms with Crippen molar-refractivity contribution in [3.8, 4) is 23.6 Å². The Bertz CT molecular complexity index is 1160. The van der Waals surface area contributed by atoms with Crippen molar-refractivity contribution in [1.29, 1.82) is 10.5 Å². The second kappa shape index (κ2) is 10.6. The Kier molecular flexibility index (Phi) is 7.39. The number of anilines is 1. The molecule has 0 spiro atoms. The molecule has 162 valence electrons. The number of hydrogen-bond donors (Lipinski definition) is 2. The average Bonchev–Trinajstić information content (AvgIpc) is 3.12. The van der Waals surface area contributed by atoms with Gasteiger partial charge in [-0.3, -0.25) is 4.79 Å². The van der Waals surface area contributed by atoms with Crippen molar-refractivity contribution in [2.75, 3.05) is 18.9 Å². The number of halogens is 1. The summed E-state index contributed by atoms with van der Waals surface area (Å²) in [6, 6.07) is 16.7. The first-order valence-electron chi connectivity index (χ1n) is 9.90. The molecule has 1 heterocycles. The summed E-state index contributed by atoms with van der Waals surface area (Å²) < 4.78 is 20.0. The number of nitrogen functional groups attached to an aromatic ring is 1. The fourth-order valence-electron chi connectivity index (χ4n) is 3.03. The molecule has 0 saturated heterocycles. The average molecular weight is 432 g/mol. The van der Waals surface area contributed by atoms with Crippen LogP contribution in [0.15, 0.2) is 48.5 Å². The first-order valence-corrected chi connectivity index (χ1v) is 9.90. The van der Waals surface area contributed by atoms with Gasteiger partial charge in [-0.25, -0.2) is 9.07 Å². The second-order valence-electron chi connectivity index (χ2n) is 6.93. The van der Waals surface area contributed by atoms with Gasteiger partial charge in [0.2, 0.25) is 0 Å². The van der Waals surface area contributed by atoms with Gasteiger partial charge in [-0.05, 0) is 54.8 Å². The van der Waals surface area contributed by atoms with E-state index in [-0.39, 0.29) is 29.7 Å². The first-order chi connectivity index (χ1) is 15.5. The Morgan fingerprint density at radius 3 is 2.53 bits per heavy atom. The Balaban J connectivity index is 1.48. The van der Waals surface area contributed by atoms with E-state index in [1.165, 1.54) is 28.9 Å². The summed E-state index contributed by atoms with van der Waals surface area (Å²) in [6.07, 6.45) is 1.30. The highest BCUT2D eigenvalue weighted by molar-refractivity contribution is 5.77. The molecule has 1 aromatic heterocycles. The number of carbonyl (C=O) groups is 1. The fraction of sp³-hybridized carbons (Fsp3) is 0.217. The van der Waals surface area contributed by atoms with Gasteiger partial charge < -0.3 is 15.8 Å². The normalized spacial score (nSPS) is 10.2. The van der Waals surface area contributed by atoms with Gasteiger partial charge in [0.25, 0.3) is 5.91 Å². The Morgan fingerprint density at radius 2 is 1.88 bits per heavy atom. The summed E-state index contributed by atoms with van der Waals surface area (Å²) in [5, 5.41) is 25.2. The number of aryl methyl sites for hydroxylation is 1. The third kappa shape index (κ3) is 5.61. The number of benzene rings is 2. The maximum Gasteiger partial charge on any atom is 0.257 e. The van der Waals surface area contributed by atoms with Gasteiger partial charge in [0.05, 0.1) is 23.9 Å². The van der Waals surface area contributed by atoms with Crippen molar-refractivity contribution < 1.29 is 13.9 Å². The number of hydrogen-bond acceptors (Lipinski definition) is 6. The van der Waals surface area contributed by atoms with Crippen molar-refractivity contribution in [2.24, 2.45) is 0 Å². The van der Waals surface area contributed by atoms with Crippen LogP contribution in [-0.2, 0) is 17.6 Å². The second-order valence-corrected chi connectivity index (χ2v) is 6.93. The molecule has 2 aromatic carbocycles. The molecule has 0 atom stereocenters. The van der Waals surface area contributed by atoms with Gasteiger partial charge in [0.1, 0.15) is 29.0 Å². The van der Waals surface area contributed by atoms with Gasteiger partial charge in [-0.15, -0.1) is 0 Å². The summed E-state index contributed by atoms with van der Waals surface area (Å²) >= 11 is 0. The van der Waals surface area contributed by atoms with Crippen molar-refractivity contribution in [2.45, 2.75) is 19.3 Å². The SMILES string of the molecule is N#CCc1ccc(OCC(=O)NCCCc2nn(-c3ccc(F)cc3)c(N)c2C#N)cc1. The van der Waals surface area contributed by atoms with Crippen LogP contribution in [0.25, 0.3) is 5.69 Å². The molecule has 3 N–H and O–H groups in total. The standard InChI is InChI=1S/C23H21FN6O2/c24-17-5-7-18(8-6-17)30-23(27)20(14-26)21(29-30)2-1-13-28-22(31)15-32-19-9-3-16(4-10-19)11-12-25/h3-10H,1-2,11,13,15,27H2,(H,28,31). The summed E-state index contributed by atoms with van der Waals surface area (Å²) in [7, 11) is 0. The van der Waals surface area contributed by atoms with Crippen molar-refractivity contribution in [3.05, 3.63) is 71.2 Å². The molecular formula is C23H21FN6O2. The number of nitrogens with zero attached hydrogens (tertiary/aromatic N) is 4. The molecule has 9 heteroatoms. The first kappa shape index (κ1) is 22.3. The lowest BCUT2D eigenvalue weighted by atomic mass is 10.1. The molecule has 0 aliphatic rings. The van der Waals surface area contributed by atoms with E-state index < -0.39 is 0 Å². The maximum absolute atomic E-state index is 13.2. The van der Waals surface area contributed by atoms with Crippen LogP contribution in [0, 0.1) is 28.5 Å². The summed E-state index contributed by atoms with van der Waals surface area (Å²) in [5.74, 6) is 0.0774. The minimum Gasteiger partial charge on any atom is -0.484 e. The van der Waals surface area contributed by atoms with Crippen LogP contribution in [0.3, 0.4) is 0 Å². The van der Waals surface area contributed by atoms with E-state index in [9.17, 15) is 14.4 Å². The zero-order chi connectivity index (χ0) is 22.9. The number of carbonyl (C=O) groups excluding carboxylic acids is 1. The Morgan fingerprint density at radius 1 is 1.16 bits per heavy atom. The van der Waals surface area contributed by atoms with Crippen LogP contribution in [0.1, 0.15) is 23.2 Å². The number of nitrogens with two attached hydrogens (primary N) is 1. The van der Waals surface area contributed by atoms with Gasteiger partial charge in [-0.1, -0.05) is 12.1 Å². The lowest BCUT2D eigenvalue weighted by molar-refractivity contribution is -0.123. The molecule has 1 amide bonds. The monoisotopic (exact) mass is 432 g/mol. The highest BCUT2D eigenvalue weighted by Crippen LogP contribution is 2.21. The van der Waals surface area contributed by atoms with E-state index in [0.717, 1.165) is 5.56 Å². The van der Waals surface area contributed by atoms with E-state index in [1.807, 2.05) is 0 Å².